The number of nitrogens with one attached hydrogen (secondary N) is 1. The first kappa shape index (κ1) is 14.7. The molecular formula is C18H17NO2. The van der Waals surface area contributed by atoms with Gasteiger partial charge in [0.15, 0.2) is 0 Å². The van der Waals surface area contributed by atoms with Crippen LogP contribution in [0.3, 0.4) is 0 Å². The van der Waals surface area contributed by atoms with Gasteiger partial charge in [-0.2, -0.15) is 0 Å². The zero-order valence-corrected chi connectivity index (χ0v) is 11.9. The zero-order chi connectivity index (χ0) is 15.1. The molecule has 0 saturated carbocycles. The standard InChI is InChI=1S/C18H17NO2/c1-3-14-6-5-7-16(12-14)19-18(20)13-15-8-10-17(11-9-15)21-4-2/h1,5-12H,4,13H2,2H3,(H,19,20). The SMILES string of the molecule is C#Cc1cccc(NC(=O)Cc2ccc(OCC)cc2)c1. The van der Waals surface area contributed by atoms with Gasteiger partial charge in [0.25, 0.3) is 0 Å². The van der Waals surface area contributed by atoms with Crippen LogP contribution < -0.4 is 10.1 Å². The van der Waals surface area contributed by atoms with Gasteiger partial charge in [0.1, 0.15) is 5.75 Å². The second kappa shape index (κ2) is 7.16. The van der Waals surface area contributed by atoms with Gasteiger partial charge in [0.2, 0.25) is 5.91 Å². The van der Waals surface area contributed by atoms with Crippen LogP contribution >= 0.6 is 0 Å². The quantitative estimate of drug-likeness (QED) is 0.853. The van der Waals surface area contributed by atoms with Crippen LogP contribution in [0.5, 0.6) is 5.75 Å². The molecule has 0 saturated heterocycles. The fourth-order valence-corrected chi connectivity index (χ4v) is 1.95. The van der Waals surface area contributed by atoms with Crippen molar-refractivity contribution in [1.29, 1.82) is 0 Å². The number of carbonyl (C=O) groups is 1. The Labute approximate surface area is 125 Å². The molecule has 3 heteroatoms. The van der Waals surface area contributed by atoms with Crippen molar-refractivity contribution in [3.8, 4) is 18.1 Å². The van der Waals surface area contributed by atoms with E-state index in [-0.39, 0.29) is 5.91 Å². The molecule has 3 nitrogen and oxygen atoms in total. The van der Waals surface area contributed by atoms with Gasteiger partial charge in [-0.15, -0.1) is 6.42 Å². The molecule has 0 aliphatic rings. The summed E-state index contributed by atoms with van der Waals surface area (Å²) in [5.74, 6) is 3.28. The Morgan fingerprint density at radius 1 is 1.24 bits per heavy atom. The molecule has 0 unspecified atom stereocenters. The summed E-state index contributed by atoms with van der Waals surface area (Å²) >= 11 is 0. The first-order chi connectivity index (χ1) is 10.2. The molecule has 0 bridgehead atoms. The summed E-state index contributed by atoms with van der Waals surface area (Å²) in [6.45, 7) is 2.57. The Morgan fingerprint density at radius 2 is 2.00 bits per heavy atom. The van der Waals surface area contributed by atoms with Gasteiger partial charge in [-0.05, 0) is 42.8 Å². The van der Waals surface area contributed by atoms with Gasteiger partial charge in [-0.3, -0.25) is 4.79 Å². The second-order valence-electron chi connectivity index (χ2n) is 4.53. The maximum absolute atomic E-state index is 12.0. The van der Waals surface area contributed by atoms with E-state index in [1.54, 1.807) is 6.07 Å². The maximum atomic E-state index is 12.0. The molecule has 0 fully saturated rings. The maximum Gasteiger partial charge on any atom is 0.228 e. The highest BCUT2D eigenvalue weighted by atomic mass is 16.5. The summed E-state index contributed by atoms with van der Waals surface area (Å²) in [5, 5.41) is 2.84. The highest BCUT2D eigenvalue weighted by Gasteiger charge is 2.05. The number of ether oxygens (including phenoxy) is 1. The van der Waals surface area contributed by atoms with Gasteiger partial charge in [0, 0.05) is 11.3 Å². The third kappa shape index (κ3) is 4.39. The van der Waals surface area contributed by atoms with E-state index in [9.17, 15) is 4.79 Å². The number of hydrogen-bond donors (Lipinski definition) is 1. The first-order valence-electron chi connectivity index (χ1n) is 6.79. The second-order valence-corrected chi connectivity index (χ2v) is 4.53. The van der Waals surface area contributed by atoms with E-state index in [0.29, 0.717) is 18.7 Å². The molecule has 0 aromatic heterocycles. The van der Waals surface area contributed by atoms with Gasteiger partial charge in [0.05, 0.1) is 13.0 Å². The van der Waals surface area contributed by atoms with Crippen molar-refractivity contribution in [2.24, 2.45) is 0 Å². The predicted octanol–water partition coefficient (Wildman–Crippen LogP) is 3.25. The van der Waals surface area contributed by atoms with Gasteiger partial charge in [-0.1, -0.05) is 24.1 Å². The normalized spacial score (nSPS) is 9.71. The van der Waals surface area contributed by atoms with E-state index < -0.39 is 0 Å². The lowest BCUT2D eigenvalue weighted by atomic mass is 10.1. The summed E-state index contributed by atoms with van der Waals surface area (Å²) in [6.07, 6.45) is 5.65. The fourth-order valence-electron chi connectivity index (χ4n) is 1.95. The van der Waals surface area contributed by atoms with Crippen LogP contribution in [0.4, 0.5) is 5.69 Å². The number of carbonyl (C=O) groups excluding carboxylic acids is 1. The Bertz CT molecular complexity index is 654. The average Bonchev–Trinajstić information content (AvgIpc) is 2.49. The number of hydrogen-bond acceptors (Lipinski definition) is 2. The number of anilines is 1. The van der Waals surface area contributed by atoms with Crippen molar-refractivity contribution in [3.63, 3.8) is 0 Å². The van der Waals surface area contributed by atoms with Crippen molar-refractivity contribution in [2.75, 3.05) is 11.9 Å². The topological polar surface area (TPSA) is 38.3 Å². The van der Waals surface area contributed by atoms with Gasteiger partial charge < -0.3 is 10.1 Å². The van der Waals surface area contributed by atoms with Gasteiger partial charge in [-0.25, -0.2) is 0 Å². The largest absolute Gasteiger partial charge is 0.494 e. The lowest BCUT2D eigenvalue weighted by Crippen LogP contribution is -2.14. The van der Waals surface area contributed by atoms with E-state index in [4.69, 9.17) is 11.2 Å². The lowest BCUT2D eigenvalue weighted by molar-refractivity contribution is -0.115. The molecule has 0 aliphatic heterocycles. The van der Waals surface area contributed by atoms with Crippen LogP contribution in [0.2, 0.25) is 0 Å². The van der Waals surface area contributed by atoms with Crippen LogP contribution in [-0.4, -0.2) is 12.5 Å². The van der Waals surface area contributed by atoms with Crippen LogP contribution in [0.1, 0.15) is 18.1 Å². The average molecular weight is 279 g/mol. The summed E-state index contributed by atoms with van der Waals surface area (Å²) in [4.78, 5) is 12.0. The minimum absolute atomic E-state index is 0.0756. The molecule has 2 aromatic carbocycles. The molecule has 0 spiro atoms. The Hall–Kier alpha value is -2.73. The summed E-state index contributed by atoms with van der Waals surface area (Å²) in [7, 11) is 0. The fraction of sp³-hybridized carbons (Fsp3) is 0.167. The molecule has 0 atom stereocenters. The predicted molar refractivity (Wildman–Crippen MR) is 84.3 cm³/mol. The number of terminal acetylenes is 1. The Morgan fingerprint density at radius 3 is 2.67 bits per heavy atom. The minimum atomic E-state index is -0.0756. The Kier molecular flexibility index (Phi) is 5.00. The molecule has 0 heterocycles. The Balaban J connectivity index is 1.96. The molecule has 21 heavy (non-hydrogen) atoms. The molecule has 0 radical (unpaired) electrons. The third-order valence-corrected chi connectivity index (χ3v) is 2.91. The third-order valence-electron chi connectivity index (χ3n) is 2.91. The lowest BCUT2D eigenvalue weighted by Gasteiger charge is -2.07. The molecular weight excluding hydrogens is 262 g/mol. The van der Waals surface area contributed by atoms with Crippen molar-refractivity contribution < 1.29 is 9.53 Å². The van der Waals surface area contributed by atoms with Crippen LogP contribution in [0.25, 0.3) is 0 Å². The zero-order valence-electron chi connectivity index (χ0n) is 11.9. The van der Waals surface area contributed by atoms with Gasteiger partial charge >= 0.3 is 0 Å². The first-order valence-corrected chi connectivity index (χ1v) is 6.79. The smallest absolute Gasteiger partial charge is 0.228 e. The molecule has 2 rings (SSSR count). The summed E-state index contributed by atoms with van der Waals surface area (Å²) in [5.41, 5.74) is 2.39. The van der Waals surface area contributed by atoms with E-state index in [1.165, 1.54) is 0 Å². The van der Waals surface area contributed by atoms with E-state index in [0.717, 1.165) is 16.9 Å². The van der Waals surface area contributed by atoms with Crippen molar-refractivity contribution in [3.05, 3.63) is 59.7 Å². The van der Waals surface area contributed by atoms with E-state index in [2.05, 4.69) is 11.2 Å². The highest BCUT2D eigenvalue weighted by molar-refractivity contribution is 5.92. The van der Waals surface area contributed by atoms with Crippen LogP contribution in [-0.2, 0) is 11.2 Å². The summed E-state index contributed by atoms with van der Waals surface area (Å²) < 4.78 is 5.37. The number of benzene rings is 2. The van der Waals surface area contributed by atoms with Crippen LogP contribution in [0.15, 0.2) is 48.5 Å². The van der Waals surface area contributed by atoms with Crippen molar-refractivity contribution >= 4 is 11.6 Å². The minimum Gasteiger partial charge on any atom is -0.494 e. The molecule has 1 N–H and O–H groups in total. The van der Waals surface area contributed by atoms with E-state index in [1.807, 2.05) is 49.4 Å². The molecule has 106 valence electrons. The monoisotopic (exact) mass is 279 g/mol. The molecule has 1 amide bonds. The summed E-state index contributed by atoms with van der Waals surface area (Å²) in [6, 6.07) is 14.7. The van der Waals surface area contributed by atoms with Crippen molar-refractivity contribution in [1.82, 2.24) is 0 Å². The highest BCUT2D eigenvalue weighted by Crippen LogP contribution is 2.14. The number of rotatable bonds is 5. The van der Waals surface area contributed by atoms with Crippen molar-refractivity contribution in [2.45, 2.75) is 13.3 Å². The molecule has 2 aromatic rings. The van der Waals surface area contributed by atoms with Crippen LogP contribution in [0, 0.1) is 12.3 Å². The molecule has 0 aliphatic carbocycles. The van der Waals surface area contributed by atoms with E-state index >= 15 is 0 Å². The number of amides is 1.